The third-order valence-electron chi connectivity index (χ3n) is 6.43. The normalized spacial score (nSPS) is 14.3. The van der Waals surface area contributed by atoms with Crippen LogP contribution >= 0.6 is 11.6 Å². The van der Waals surface area contributed by atoms with Gasteiger partial charge in [0.1, 0.15) is 23.1 Å². The summed E-state index contributed by atoms with van der Waals surface area (Å²) >= 11 is 6.31. The fourth-order valence-electron chi connectivity index (χ4n) is 4.31. The van der Waals surface area contributed by atoms with E-state index in [2.05, 4.69) is 10.2 Å². The molecular weight excluding hydrogens is 591 g/mol. The molecule has 1 aliphatic rings. The van der Waals surface area contributed by atoms with Gasteiger partial charge < -0.3 is 19.4 Å². The van der Waals surface area contributed by atoms with Crippen LogP contribution in [-0.2, 0) is 17.4 Å². The molecule has 7 nitrogen and oxygen atoms in total. The molecule has 0 aliphatic carbocycles. The maximum absolute atomic E-state index is 14.2. The van der Waals surface area contributed by atoms with E-state index in [9.17, 15) is 32.3 Å². The first-order valence-electron chi connectivity index (χ1n) is 12.2. The van der Waals surface area contributed by atoms with E-state index in [1.165, 1.54) is 36.4 Å². The van der Waals surface area contributed by atoms with E-state index >= 15 is 0 Å². The molecule has 0 bridgehead atoms. The van der Waals surface area contributed by atoms with Gasteiger partial charge in [-0.05, 0) is 67.1 Å². The Labute approximate surface area is 263 Å². The quantitative estimate of drug-likeness (QED) is 0.181. The molecule has 5 rings (SSSR count). The van der Waals surface area contributed by atoms with Gasteiger partial charge in [-0.1, -0.05) is 11.6 Å². The Morgan fingerprint density at radius 2 is 1.76 bits per heavy atom. The van der Waals surface area contributed by atoms with E-state index in [4.69, 9.17) is 21.1 Å². The zero-order chi connectivity index (χ0) is 29.3. The number of hydrogen-bond donors (Lipinski definition) is 0. The van der Waals surface area contributed by atoms with Crippen molar-refractivity contribution in [2.24, 2.45) is 0 Å². The van der Waals surface area contributed by atoms with Crippen molar-refractivity contribution in [1.29, 1.82) is 0 Å². The van der Waals surface area contributed by atoms with Crippen LogP contribution in [0.5, 0.6) is 17.2 Å². The van der Waals surface area contributed by atoms with Gasteiger partial charge in [0.2, 0.25) is 0 Å². The van der Waals surface area contributed by atoms with Crippen molar-refractivity contribution in [2.45, 2.75) is 24.9 Å². The predicted molar refractivity (Wildman–Crippen MR) is 136 cm³/mol. The molecule has 2 heterocycles. The van der Waals surface area contributed by atoms with Crippen LogP contribution in [-0.4, -0.2) is 28.6 Å². The summed E-state index contributed by atoms with van der Waals surface area (Å²) in [6.07, 6.45) is -4.53. The number of ether oxygens (including phenoxy) is 2. The van der Waals surface area contributed by atoms with Gasteiger partial charge in [-0.15, -0.1) is 0 Å². The van der Waals surface area contributed by atoms with E-state index in [1.807, 2.05) is 0 Å². The van der Waals surface area contributed by atoms with E-state index in [1.54, 1.807) is 12.1 Å². The molecule has 1 aliphatic heterocycles. The van der Waals surface area contributed by atoms with Crippen molar-refractivity contribution in [3.63, 3.8) is 0 Å². The zero-order valence-corrected chi connectivity index (χ0v) is 24.6. The molecule has 42 heavy (non-hydrogen) atoms. The van der Waals surface area contributed by atoms with E-state index < -0.39 is 29.4 Å². The first-order chi connectivity index (χ1) is 19.5. The SMILES string of the molecule is O=C(Cc1ccc(-c2ccc(C(F)(F)F)cc2F)nn1)c1ccc(Oc2cc3c(cc2Cl)C(C(=O)[O-])CCO3)cc1.[Na+]. The number of carbonyl (C=O) groups excluding carboxylic acids is 2. The number of rotatable bonds is 7. The molecule has 0 fully saturated rings. The summed E-state index contributed by atoms with van der Waals surface area (Å²) in [5.74, 6) is -2.50. The number of carbonyl (C=O) groups is 2. The molecule has 3 aromatic carbocycles. The van der Waals surface area contributed by atoms with Gasteiger partial charge in [-0.2, -0.15) is 23.4 Å². The number of fused-ring (bicyclic) bond motifs is 1. The van der Waals surface area contributed by atoms with Gasteiger partial charge in [0.05, 0.1) is 35.0 Å². The number of halogens is 5. The van der Waals surface area contributed by atoms with Gasteiger partial charge in [0.25, 0.3) is 0 Å². The molecule has 1 aromatic heterocycles. The number of benzene rings is 3. The maximum atomic E-state index is 14.2. The zero-order valence-electron chi connectivity index (χ0n) is 21.9. The number of aliphatic carboxylic acids is 1. The number of alkyl halides is 3. The third kappa shape index (κ3) is 6.92. The average Bonchev–Trinajstić information content (AvgIpc) is 2.93. The van der Waals surface area contributed by atoms with Crippen LogP contribution in [0.2, 0.25) is 5.02 Å². The predicted octanol–water partition coefficient (Wildman–Crippen LogP) is 2.79. The molecule has 0 spiro atoms. The number of nitrogens with zero attached hydrogens (tertiary/aromatic N) is 2. The minimum atomic E-state index is -4.67. The van der Waals surface area contributed by atoms with Crippen molar-refractivity contribution in [1.82, 2.24) is 10.2 Å². The van der Waals surface area contributed by atoms with Crippen molar-refractivity contribution >= 4 is 23.4 Å². The maximum Gasteiger partial charge on any atom is 1.00 e. The van der Waals surface area contributed by atoms with Gasteiger partial charge in [0.15, 0.2) is 5.78 Å². The number of aromatic nitrogens is 2. The van der Waals surface area contributed by atoms with Crippen molar-refractivity contribution < 1.29 is 71.3 Å². The number of carboxylic acids is 1. The summed E-state index contributed by atoms with van der Waals surface area (Å²) in [5.41, 5.74) is -0.207. The summed E-state index contributed by atoms with van der Waals surface area (Å²) in [4.78, 5) is 24.2. The number of ketones is 1. The molecule has 4 aromatic rings. The van der Waals surface area contributed by atoms with E-state index in [-0.39, 0.29) is 82.5 Å². The van der Waals surface area contributed by atoms with Crippen LogP contribution < -0.4 is 44.1 Å². The molecule has 210 valence electrons. The van der Waals surface area contributed by atoms with Gasteiger partial charge in [-0.25, -0.2) is 4.39 Å². The molecule has 1 unspecified atom stereocenters. The van der Waals surface area contributed by atoms with Crippen LogP contribution in [0, 0.1) is 5.82 Å². The molecule has 13 heteroatoms. The first-order valence-corrected chi connectivity index (χ1v) is 12.6. The molecule has 0 N–H and O–H groups in total. The van der Waals surface area contributed by atoms with E-state index in [0.717, 1.165) is 12.1 Å². The number of Topliss-reactive ketones (excluding diaryl/α,β-unsaturated/α-hetero) is 1. The molecular formula is C29H18ClF4N2NaO5. The molecule has 0 saturated heterocycles. The molecule has 0 radical (unpaired) electrons. The Hall–Kier alpha value is -3.51. The second-order valence-corrected chi connectivity index (χ2v) is 9.57. The Bertz CT molecular complexity index is 1630. The van der Waals surface area contributed by atoms with Gasteiger partial charge in [0, 0.05) is 34.6 Å². The standard InChI is InChI=1S/C29H19ClF4N2O5.Na/c30-22-13-21-19(28(38)39)9-10-40-26(21)14-27(22)41-18-5-1-15(2-6-18)25(37)12-17-4-8-24(36-35-17)20-7-3-16(11-23(20)31)29(32,33)34;/h1-8,11,13-14,19H,9-10,12H2,(H,38,39);/q;+1/p-1. The Morgan fingerprint density at radius 3 is 2.38 bits per heavy atom. The monoisotopic (exact) mass is 608 g/mol. The third-order valence-corrected chi connectivity index (χ3v) is 6.72. The second kappa shape index (κ2) is 12.8. The molecule has 0 saturated carbocycles. The summed E-state index contributed by atoms with van der Waals surface area (Å²) in [6.45, 7) is 0.211. The van der Waals surface area contributed by atoms with Crippen molar-refractivity contribution in [3.05, 3.63) is 100.0 Å². The second-order valence-electron chi connectivity index (χ2n) is 9.16. The van der Waals surface area contributed by atoms with Crippen LogP contribution in [0.4, 0.5) is 17.6 Å². The first kappa shape index (κ1) is 31.4. The fourth-order valence-corrected chi connectivity index (χ4v) is 4.52. The summed E-state index contributed by atoms with van der Waals surface area (Å²) in [6, 6.07) is 14.1. The summed E-state index contributed by atoms with van der Waals surface area (Å²) < 4.78 is 63.9. The van der Waals surface area contributed by atoms with Crippen LogP contribution in [0.1, 0.15) is 39.5 Å². The Morgan fingerprint density at radius 1 is 1.02 bits per heavy atom. The minimum absolute atomic E-state index is 0. The number of carboxylic acid groups (broad SMARTS) is 1. The van der Waals surface area contributed by atoms with E-state index in [0.29, 0.717) is 28.7 Å². The average molecular weight is 609 g/mol. The Balaban J connectivity index is 0.00000405. The van der Waals surface area contributed by atoms with Crippen LogP contribution in [0.3, 0.4) is 0 Å². The minimum Gasteiger partial charge on any atom is -0.549 e. The van der Waals surface area contributed by atoms with Crippen molar-refractivity contribution in [2.75, 3.05) is 6.61 Å². The van der Waals surface area contributed by atoms with Gasteiger partial charge >= 0.3 is 35.7 Å². The van der Waals surface area contributed by atoms with Crippen molar-refractivity contribution in [3.8, 4) is 28.5 Å². The summed E-state index contributed by atoms with van der Waals surface area (Å²) in [5, 5.41) is 19.4. The topological polar surface area (TPSA) is 101 Å². The Kier molecular flexibility index (Phi) is 9.56. The fraction of sp³-hybridized carbons (Fsp3) is 0.172. The van der Waals surface area contributed by atoms with Gasteiger partial charge in [-0.3, -0.25) is 4.79 Å². The number of hydrogen-bond acceptors (Lipinski definition) is 7. The largest absolute Gasteiger partial charge is 1.00 e. The van der Waals surface area contributed by atoms with Crippen LogP contribution in [0.25, 0.3) is 11.3 Å². The molecule has 1 atom stereocenters. The smallest absolute Gasteiger partial charge is 0.549 e. The summed E-state index contributed by atoms with van der Waals surface area (Å²) in [7, 11) is 0. The molecule has 0 amide bonds. The van der Waals surface area contributed by atoms with Crippen LogP contribution in [0.15, 0.2) is 66.7 Å².